The van der Waals surface area contributed by atoms with Gasteiger partial charge in [-0.2, -0.15) is 0 Å². The van der Waals surface area contributed by atoms with Crippen LogP contribution >= 0.6 is 0 Å². The Hall–Kier alpha value is -0.530. The average molecular weight is 261 g/mol. The molecule has 0 aromatic carbocycles. The fourth-order valence-corrected chi connectivity index (χ4v) is 5.87. The van der Waals surface area contributed by atoms with Crippen LogP contribution in [0.5, 0.6) is 0 Å². The predicted molar refractivity (Wildman–Crippen MR) is 75.5 cm³/mol. The second kappa shape index (κ2) is 4.23. The van der Waals surface area contributed by atoms with E-state index in [1.54, 1.807) is 0 Å². The third kappa shape index (κ3) is 2.21. The van der Waals surface area contributed by atoms with Gasteiger partial charge in [-0.1, -0.05) is 6.92 Å². The maximum Gasteiger partial charge on any atom is 0.223 e. The summed E-state index contributed by atoms with van der Waals surface area (Å²) in [5.74, 6) is 4.41. The number of nitrogens with one attached hydrogen (secondary N) is 1. The molecular weight excluding hydrogens is 234 g/mol. The summed E-state index contributed by atoms with van der Waals surface area (Å²) in [6.45, 7) is 3.12. The molecule has 19 heavy (non-hydrogen) atoms. The van der Waals surface area contributed by atoms with Crippen LogP contribution < -0.4 is 5.32 Å². The van der Waals surface area contributed by atoms with Crippen LogP contribution in [0.2, 0.25) is 0 Å². The summed E-state index contributed by atoms with van der Waals surface area (Å²) in [6, 6.07) is 0. The molecule has 5 fully saturated rings. The third-order valence-electron chi connectivity index (χ3n) is 6.57. The summed E-state index contributed by atoms with van der Waals surface area (Å²) < 4.78 is 0. The minimum Gasteiger partial charge on any atom is -0.356 e. The van der Waals surface area contributed by atoms with E-state index in [2.05, 4.69) is 12.2 Å². The van der Waals surface area contributed by atoms with Gasteiger partial charge >= 0.3 is 0 Å². The Balaban J connectivity index is 1.31. The first-order valence-corrected chi connectivity index (χ1v) is 8.41. The molecule has 0 heterocycles. The molecule has 0 aliphatic heterocycles. The van der Waals surface area contributed by atoms with Gasteiger partial charge in [-0.3, -0.25) is 4.79 Å². The van der Waals surface area contributed by atoms with Gasteiger partial charge in [-0.05, 0) is 80.5 Å². The normalized spacial score (nSPS) is 50.3. The van der Waals surface area contributed by atoms with Crippen molar-refractivity contribution in [1.82, 2.24) is 5.32 Å². The smallest absolute Gasteiger partial charge is 0.223 e. The second-order valence-electron chi connectivity index (χ2n) is 8.28. The lowest BCUT2D eigenvalue weighted by Gasteiger charge is -2.57. The van der Waals surface area contributed by atoms with Crippen molar-refractivity contribution in [3.8, 4) is 0 Å². The zero-order valence-corrected chi connectivity index (χ0v) is 12.2. The molecule has 0 spiro atoms. The molecule has 0 unspecified atom stereocenters. The standard InChI is InChI=1S/C17H27NO/c1-11-4-15(11)16(19)18-3-2-17-8-12-5-13(9-17)7-14(6-12)10-17/h11-15H,2-10H2,1H3,(H,18,19)/t11-,12?,13?,14?,15-,17?/m1/s1. The summed E-state index contributed by atoms with van der Waals surface area (Å²) in [5, 5.41) is 3.21. The molecule has 2 heteroatoms. The van der Waals surface area contributed by atoms with Gasteiger partial charge in [0.2, 0.25) is 5.91 Å². The Labute approximate surface area is 116 Å². The van der Waals surface area contributed by atoms with Crippen LogP contribution in [0.15, 0.2) is 0 Å². The van der Waals surface area contributed by atoms with E-state index < -0.39 is 0 Å². The van der Waals surface area contributed by atoms with Crippen LogP contribution in [0, 0.1) is 35.0 Å². The van der Waals surface area contributed by atoms with E-state index in [4.69, 9.17) is 0 Å². The fourth-order valence-electron chi connectivity index (χ4n) is 5.87. The van der Waals surface area contributed by atoms with E-state index in [1.165, 1.54) is 44.9 Å². The molecule has 1 N–H and O–H groups in total. The van der Waals surface area contributed by atoms with E-state index in [1.807, 2.05) is 0 Å². The van der Waals surface area contributed by atoms with Crippen molar-refractivity contribution < 1.29 is 4.79 Å². The number of carbonyl (C=O) groups is 1. The Kier molecular flexibility index (Phi) is 2.72. The maximum atomic E-state index is 11.9. The van der Waals surface area contributed by atoms with Crippen molar-refractivity contribution in [2.75, 3.05) is 6.54 Å². The van der Waals surface area contributed by atoms with Gasteiger partial charge < -0.3 is 5.32 Å². The summed E-state index contributed by atoms with van der Waals surface area (Å²) in [6.07, 6.45) is 11.3. The zero-order valence-electron chi connectivity index (χ0n) is 12.2. The summed E-state index contributed by atoms with van der Waals surface area (Å²) in [5.41, 5.74) is 0.622. The molecule has 5 aliphatic rings. The number of hydrogen-bond acceptors (Lipinski definition) is 1. The summed E-state index contributed by atoms with van der Waals surface area (Å²) >= 11 is 0. The number of rotatable bonds is 4. The van der Waals surface area contributed by atoms with Gasteiger partial charge in [0.1, 0.15) is 0 Å². The van der Waals surface area contributed by atoms with E-state index >= 15 is 0 Å². The monoisotopic (exact) mass is 261 g/mol. The first kappa shape index (κ1) is 12.2. The Morgan fingerprint density at radius 2 is 1.58 bits per heavy atom. The quantitative estimate of drug-likeness (QED) is 0.826. The highest BCUT2D eigenvalue weighted by Gasteiger charge is 2.50. The van der Waals surface area contributed by atoms with Crippen LogP contribution in [-0.2, 0) is 4.79 Å². The summed E-state index contributed by atoms with van der Waals surface area (Å²) in [7, 11) is 0. The molecule has 2 nitrogen and oxygen atoms in total. The zero-order chi connectivity index (χ0) is 13.0. The SMILES string of the molecule is C[C@@H]1C[C@H]1C(=O)NCCC12CC3CC(CC(C3)C1)C2. The Bertz CT molecular complexity index is 353. The van der Waals surface area contributed by atoms with Gasteiger partial charge in [0.25, 0.3) is 0 Å². The van der Waals surface area contributed by atoms with E-state index in [0.717, 1.165) is 30.7 Å². The second-order valence-corrected chi connectivity index (χ2v) is 8.28. The van der Waals surface area contributed by atoms with Gasteiger partial charge in [-0.15, -0.1) is 0 Å². The molecule has 0 aromatic heterocycles. The van der Waals surface area contributed by atoms with Crippen molar-refractivity contribution in [3.63, 3.8) is 0 Å². The lowest BCUT2D eigenvalue weighted by Crippen LogP contribution is -2.47. The van der Waals surface area contributed by atoms with Crippen LogP contribution in [-0.4, -0.2) is 12.5 Å². The topological polar surface area (TPSA) is 29.1 Å². The fraction of sp³-hybridized carbons (Fsp3) is 0.941. The van der Waals surface area contributed by atoms with Crippen molar-refractivity contribution in [3.05, 3.63) is 0 Å². The highest BCUT2D eigenvalue weighted by atomic mass is 16.2. The van der Waals surface area contributed by atoms with Crippen LogP contribution in [0.1, 0.15) is 58.3 Å². The first-order valence-electron chi connectivity index (χ1n) is 8.41. The van der Waals surface area contributed by atoms with Gasteiger partial charge in [0, 0.05) is 12.5 Å². The lowest BCUT2D eigenvalue weighted by molar-refractivity contribution is -0.123. The molecule has 5 rings (SSSR count). The van der Waals surface area contributed by atoms with E-state index in [-0.39, 0.29) is 0 Å². The lowest BCUT2D eigenvalue weighted by atomic mass is 9.49. The highest BCUT2D eigenvalue weighted by Crippen LogP contribution is 2.61. The molecule has 106 valence electrons. The number of amides is 1. The molecule has 0 aromatic rings. The van der Waals surface area contributed by atoms with Crippen molar-refractivity contribution in [2.45, 2.75) is 58.3 Å². The predicted octanol–water partition coefficient (Wildman–Crippen LogP) is 3.37. The van der Waals surface area contributed by atoms with Crippen molar-refractivity contribution in [2.24, 2.45) is 35.0 Å². The van der Waals surface area contributed by atoms with E-state index in [9.17, 15) is 4.79 Å². The largest absolute Gasteiger partial charge is 0.356 e. The molecule has 0 radical (unpaired) electrons. The minimum absolute atomic E-state index is 0.331. The molecule has 2 atom stereocenters. The van der Waals surface area contributed by atoms with Crippen molar-refractivity contribution in [1.29, 1.82) is 0 Å². The Morgan fingerprint density at radius 1 is 1.05 bits per heavy atom. The Morgan fingerprint density at radius 3 is 2.05 bits per heavy atom. The van der Waals surface area contributed by atoms with Crippen LogP contribution in [0.4, 0.5) is 0 Å². The van der Waals surface area contributed by atoms with Crippen LogP contribution in [0.3, 0.4) is 0 Å². The number of carbonyl (C=O) groups excluding carboxylic acids is 1. The molecule has 0 saturated heterocycles. The highest BCUT2D eigenvalue weighted by molar-refractivity contribution is 5.81. The first-order chi connectivity index (χ1) is 9.13. The molecule has 5 saturated carbocycles. The minimum atomic E-state index is 0.331. The van der Waals surface area contributed by atoms with Gasteiger partial charge in [0.15, 0.2) is 0 Å². The number of hydrogen-bond donors (Lipinski definition) is 1. The molecule has 4 bridgehead atoms. The van der Waals surface area contributed by atoms with Crippen molar-refractivity contribution >= 4 is 5.91 Å². The molecule has 1 amide bonds. The average Bonchev–Trinajstić information content (AvgIpc) is 3.04. The summed E-state index contributed by atoms with van der Waals surface area (Å²) in [4.78, 5) is 11.9. The molecule has 5 aliphatic carbocycles. The van der Waals surface area contributed by atoms with Gasteiger partial charge in [0.05, 0.1) is 0 Å². The van der Waals surface area contributed by atoms with Crippen LogP contribution in [0.25, 0.3) is 0 Å². The van der Waals surface area contributed by atoms with Gasteiger partial charge in [-0.25, -0.2) is 0 Å². The van der Waals surface area contributed by atoms with E-state index in [0.29, 0.717) is 23.2 Å². The third-order valence-corrected chi connectivity index (χ3v) is 6.57. The molecular formula is C17H27NO. The maximum absolute atomic E-state index is 11.9.